The smallest absolute Gasteiger partial charge is 0.328 e. The minimum Gasteiger partial charge on any atom is -0.467 e. The summed E-state index contributed by atoms with van der Waals surface area (Å²) < 4.78 is 4.15. The molecule has 108 valence electrons. The lowest BCUT2D eigenvalue weighted by Gasteiger charge is -2.38. The van der Waals surface area contributed by atoms with E-state index in [-0.39, 0.29) is 11.9 Å². The van der Waals surface area contributed by atoms with E-state index in [0.29, 0.717) is 13.0 Å². The van der Waals surface area contributed by atoms with Crippen LogP contribution >= 0.6 is 15.9 Å². The van der Waals surface area contributed by atoms with Gasteiger partial charge in [0.1, 0.15) is 6.04 Å². The normalized spacial score (nSPS) is 18.4. The van der Waals surface area contributed by atoms with Crippen LogP contribution < -0.4 is 0 Å². The van der Waals surface area contributed by atoms with E-state index < -0.39 is 10.4 Å². The minimum atomic E-state index is -0.703. The van der Waals surface area contributed by atoms with Gasteiger partial charge < -0.3 is 9.64 Å². The third kappa shape index (κ3) is 2.87. The molecule has 0 bridgehead atoms. The molecular weight excluding hydrogens is 322 g/mol. The van der Waals surface area contributed by atoms with Gasteiger partial charge in [-0.25, -0.2) is 4.79 Å². The van der Waals surface area contributed by atoms with Crippen LogP contribution in [-0.4, -0.2) is 34.3 Å². The lowest BCUT2D eigenvalue weighted by atomic mass is 9.93. The number of rotatable bonds is 2. The molecule has 0 radical (unpaired) electrons. The first-order chi connectivity index (χ1) is 9.34. The van der Waals surface area contributed by atoms with Crippen molar-refractivity contribution < 1.29 is 14.3 Å². The van der Waals surface area contributed by atoms with Crippen molar-refractivity contribution in [2.45, 2.75) is 37.2 Å². The number of benzene rings is 1. The molecule has 1 aromatic carbocycles. The van der Waals surface area contributed by atoms with Crippen LogP contribution in [0.5, 0.6) is 0 Å². The maximum absolute atomic E-state index is 12.5. The van der Waals surface area contributed by atoms with Crippen molar-refractivity contribution in [3.63, 3.8) is 0 Å². The van der Waals surface area contributed by atoms with Gasteiger partial charge in [-0.3, -0.25) is 4.79 Å². The first kappa shape index (κ1) is 15.0. The second-order valence-corrected chi connectivity index (χ2v) is 7.40. The molecule has 1 aliphatic heterocycles. The van der Waals surface area contributed by atoms with Crippen LogP contribution in [0.15, 0.2) is 24.3 Å². The number of carbonyl (C=O) groups is 2. The SMILES string of the molecule is COC(=O)C1Cc2ccccc2CN1C(=O)C(C)(C)Br. The monoisotopic (exact) mass is 339 g/mol. The average Bonchev–Trinajstić information content (AvgIpc) is 2.43. The van der Waals surface area contributed by atoms with Crippen molar-refractivity contribution in [1.82, 2.24) is 4.90 Å². The zero-order chi connectivity index (χ0) is 14.9. The van der Waals surface area contributed by atoms with Crippen molar-refractivity contribution in [2.24, 2.45) is 0 Å². The molecule has 1 amide bonds. The molecule has 0 saturated carbocycles. The van der Waals surface area contributed by atoms with Crippen molar-refractivity contribution in [2.75, 3.05) is 7.11 Å². The second kappa shape index (κ2) is 5.56. The Balaban J connectivity index is 2.38. The van der Waals surface area contributed by atoms with E-state index in [1.54, 1.807) is 18.7 Å². The van der Waals surface area contributed by atoms with Gasteiger partial charge >= 0.3 is 5.97 Å². The van der Waals surface area contributed by atoms with Crippen LogP contribution in [0.3, 0.4) is 0 Å². The number of nitrogens with zero attached hydrogens (tertiary/aromatic N) is 1. The highest BCUT2D eigenvalue weighted by molar-refractivity contribution is 9.10. The molecular formula is C15H18BrNO3. The van der Waals surface area contributed by atoms with E-state index >= 15 is 0 Å². The lowest BCUT2D eigenvalue weighted by Crippen LogP contribution is -2.53. The van der Waals surface area contributed by atoms with Crippen LogP contribution in [0.25, 0.3) is 0 Å². The van der Waals surface area contributed by atoms with E-state index in [0.717, 1.165) is 11.1 Å². The number of esters is 1. The maximum Gasteiger partial charge on any atom is 0.328 e. The number of alkyl halides is 1. The Bertz CT molecular complexity index is 536. The van der Waals surface area contributed by atoms with Crippen molar-refractivity contribution in [1.29, 1.82) is 0 Å². The van der Waals surface area contributed by atoms with Crippen molar-refractivity contribution in [3.05, 3.63) is 35.4 Å². The van der Waals surface area contributed by atoms with Gasteiger partial charge in [-0.15, -0.1) is 0 Å². The van der Waals surface area contributed by atoms with Gasteiger partial charge in [-0.1, -0.05) is 40.2 Å². The highest BCUT2D eigenvalue weighted by Gasteiger charge is 2.39. The molecule has 1 atom stereocenters. The van der Waals surface area contributed by atoms with Gasteiger partial charge in [0.2, 0.25) is 5.91 Å². The summed E-state index contributed by atoms with van der Waals surface area (Å²) in [6.45, 7) is 4.00. The average molecular weight is 340 g/mol. The summed E-state index contributed by atoms with van der Waals surface area (Å²) in [5.41, 5.74) is 2.18. The van der Waals surface area contributed by atoms with E-state index in [1.807, 2.05) is 24.3 Å². The molecule has 1 aliphatic rings. The highest BCUT2D eigenvalue weighted by atomic mass is 79.9. The first-order valence-electron chi connectivity index (χ1n) is 6.49. The number of hydrogen-bond donors (Lipinski definition) is 0. The minimum absolute atomic E-state index is 0.109. The predicted molar refractivity (Wildman–Crippen MR) is 79.5 cm³/mol. The fourth-order valence-corrected chi connectivity index (χ4v) is 2.65. The topological polar surface area (TPSA) is 46.6 Å². The Labute approximate surface area is 127 Å². The van der Waals surface area contributed by atoms with Crippen molar-refractivity contribution >= 4 is 27.8 Å². The summed E-state index contributed by atoms with van der Waals surface area (Å²) in [7, 11) is 1.35. The highest BCUT2D eigenvalue weighted by Crippen LogP contribution is 2.29. The van der Waals surface area contributed by atoms with Gasteiger partial charge in [-0.2, -0.15) is 0 Å². The van der Waals surface area contributed by atoms with Crippen molar-refractivity contribution in [3.8, 4) is 0 Å². The Morgan fingerprint density at radius 2 is 1.90 bits per heavy atom. The van der Waals surface area contributed by atoms with E-state index in [4.69, 9.17) is 4.74 Å². The summed E-state index contributed by atoms with van der Waals surface area (Å²) in [4.78, 5) is 26.1. The van der Waals surface area contributed by atoms with Gasteiger partial charge in [0.25, 0.3) is 0 Å². The molecule has 0 aromatic heterocycles. The Hall–Kier alpha value is -1.36. The molecule has 20 heavy (non-hydrogen) atoms. The molecule has 2 rings (SSSR count). The van der Waals surface area contributed by atoms with E-state index in [9.17, 15) is 9.59 Å². The molecule has 4 nitrogen and oxygen atoms in total. The van der Waals surface area contributed by atoms with E-state index in [1.165, 1.54) is 7.11 Å². The van der Waals surface area contributed by atoms with E-state index in [2.05, 4.69) is 15.9 Å². The molecule has 0 saturated heterocycles. The second-order valence-electron chi connectivity index (χ2n) is 5.42. The van der Waals surface area contributed by atoms with Crippen LogP contribution in [0.4, 0.5) is 0 Å². The number of halogens is 1. The summed E-state index contributed by atoms with van der Waals surface area (Å²) in [6, 6.07) is 7.31. The van der Waals surface area contributed by atoms with Gasteiger partial charge in [-0.05, 0) is 25.0 Å². The Morgan fingerprint density at radius 1 is 1.30 bits per heavy atom. The number of carbonyl (C=O) groups excluding carboxylic acids is 2. The zero-order valence-corrected chi connectivity index (χ0v) is 13.4. The number of hydrogen-bond acceptors (Lipinski definition) is 3. The molecule has 0 fully saturated rings. The first-order valence-corrected chi connectivity index (χ1v) is 7.28. The molecule has 0 aliphatic carbocycles. The third-order valence-electron chi connectivity index (χ3n) is 3.49. The summed E-state index contributed by atoms with van der Waals surface area (Å²) in [6.07, 6.45) is 0.498. The third-order valence-corrected chi connectivity index (χ3v) is 3.83. The summed E-state index contributed by atoms with van der Waals surface area (Å²) >= 11 is 3.37. The molecule has 1 unspecified atom stereocenters. The predicted octanol–water partition coefficient (Wildman–Crippen LogP) is 2.29. The standard InChI is InChI=1S/C15H18BrNO3/c1-15(2,16)14(19)17-9-11-7-5-4-6-10(11)8-12(17)13(18)20-3/h4-7,12H,8-9H2,1-3H3. The van der Waals surface area contributed by atoms with Crippen LogP contribution in [0.1, 0.15) is 25.0 Å². The fraction of sp³-hybridized carbons (Fsp3) is 0.467. The Kier molecular flexibility index (Phi) is 4.18. The van der Waals surface area contributed by atoms with Gasteiger partial charge in [0, 0.05) is 13.0 Å². The number of amides is 1. The van der Waals surface area contributed by atoms with Crippen LogP contribution in [0, 0.1) is 0 Å². The number of fused-ring (bicyclic) bond motifs is 1. The lowest BCUT2D eigenvalue weighted by molar-refractivity contribution is -0.154. The van der Waals surface area contributed by atoms with Gasteiger partial charge in [0.05, 0.1) is 11.4 Å². The molecule has 0 spiro atoms. The van der Waals surface area contributed by atoms with Crippen LogP contribution in [-0.2, 0) is 27.3 Å². The molecule has 0 N–H and O–H groups in total. The Morgan fingerprint density at radius 3 is 2.45 bits per heavy atom. The molecule has 5 heteroatoms. The number of methoxy groups -OCH3 is 1. The number of ether oxygens (including phenoxy) is 1. The zero-order valence-electron chi connectivity index (χ0n) is 11.9. The van der Waals surface area contributed by atoms with Gasteiger partial charge in [0.15, 0.2) is 0 Å². The maximum atomic E-state index is 12.5. The quantitative estimate of drug-likeness (QED) is 0.613. The van der Waals surface area contributed by atoms with Crippen LogP contribution in [0.2, 0.25) is 0 Å². The summed E-state index contributed by atoms with van der Waals surface area (Å²) in [5, 5.41) is 0. The fourth-order valence-electron chi connectivity index (χ4n) is 2.42. The summed E-state index contributed by atoms with van der Waals surface area (Å²) in [5.74, 6) is -0.480. The largest absolute Gasteiger partial charge is 0.467 e. The molecule has 1 heterocycles. The molecule has 1 aromatic rings.